The minimum atomic E-state index is -4.92. The fourth-order valence-corrected chi connectivity index (χ4v) is 4.92. The number of para-hydroxylation sites is 1. The summed E-state index contributed by atoms with van der Waals surface area (Å²) in [6.07, 6.45) is 0.458. The van der Waals surface area contributed by atoms with Crippen LogP contribution in [0.2, 0.25) is 0 Å². The van der Waals surface area contributed by atoms with Gasteiger partial charge in [-0.25, -0.2) is 4.98 Å². The Morgan fingerprint density at radius 1 is 1.14 bits per heavy atom. The van der Waals surface area contributed by atoms with Crippen LogP contribution in [0.4, 0.5) is 13.2 Å². The molecule has 0 radical (unpaired) electrons. The van der Waals surface area contributed by atoms with Crippen LogP contribution in [0.25, 0.3) is 44.2 Å². The van der Waals surface area contributed by atoms with E-state index in [2.05, 4.69) is 25.0 Å². The van der Waals surface area contributed by atoms with E-state index in [1.165, 1.54) is 19.2 Å². The Hall–Kier alpha value is -5.10. The summed E-state index contributed by atoms with van der Waals surface area (Å²) in [5, 5.41) is 14.6. The van der Waals surface area contributed by atoms with Gasteiger partial charge in [0.1, 0.15) is 11.4 Å². The average molecular weight is 577 g/mol. The van der Waals surface area contributed by atoms with Crippen molar-refractivity contribution in [3.8, 4) is 23.0 Å². The van der Waals surface area contributed by atoms with Crippen molar-refractivity contribution in [1.29, 1.82) is 0 Å². The molecule has 9 nitrogen and oxygen atoms in total. The number of fused-ring (bicyclic) bond motifs is 3. The van der Waals surface area contributed by atoms with Gasteiger partial charge in [-0.3, -0.25) is 9.78 Å². The first-order chi connectivity index (χ1) is 20.2. The number of carbonyl (C=O) groups excluding carboxylic acids is 1. The number of ether oxygens (including phenoxy) is 2. The molecule has 0 aliphatic carbocycles. The Morgan fingerprint density at radius 3 is 2.79 bits per heavy atom. The van der Waals surface area contributed by atoms with E-state index in [1.807, 2.05) is 12.1 Å². The van der Waals surface area contributed by atoms with Gasteiger partial charge in [0.15, 0.2) is 17.1 Å². The maximum Gasteiger partial charge on any atom is 0.573 e. The number of hydrogen-bond donors (Lipinski definition) is 3. The van der Waals surface area contributed by atoms with Crippen molar-refractivity contribution < 1.29 is 37.0 Å². The number of H-pyrrole nitrogens is 1. The van der Waals surface area contributed by atoms with Crippen LogP contribution in [-0.4, -0.2) is 52.1 Å². The van der Waals surface area contributed by atoms with E-state index in [0.717, 1.165) is 34.0 Å². The molecule has 3 N–H and O–H groups in total. The molecule has 214 valence electrons. The number of pyridine rings is 2. The topological polar surface area (TPSA) is 122 Å². The highest BCUT2D eigenvalue weighted by molar-refractivity contribution is 6.07. The Labute approximate surface area is 235 Å². The zero-order valence-corrected chi connectivity index (χ0v) is 22.0. The van der Waals surface area contributed by atoms with Gasteiger partial charge in [0, 0.05) is 40.3 Å². The van der Waals surface area contributed by atoms with Crippen molar-refractivity contribution >= 4 is 38.7 Å². The van der Waals surface area contributed by atoms with Crippen molar-refractivity contribution in [1.82, 2.24) is 20.3 Å². The summed E-state index contributed by atoms with van der Waals surface area (Å²) in [4.78, 5) is 25.5. The maximum absolute atomic E-state index is 13.7. The second kappa shape index (κ2) is 10.7. The fourth-order valence-electron chi connectivity index (χ4n) is 4.92. The molecule has 0 aliphatic heterocycles. The van der Waals surface area contributed by atoms with E-state index in [0.29, 0.717) is 17.1 Å². The monoisotopic (exact) mass is 576 g/mol. The SMILES string of the molecule is COc1cccc2cc(-c3cc(C(=O)NC(CO)Cc4c[nH]c5ccncc45)c4cc(OC(F)(F)F)ccc4n3)oc12. The molecule has 12 heteroatoms. The summed E-state index contributed by atoms with van der Waals surface area (Å²) in [5.74, 6) is -0.300. The number of halogens is 3. The Morgan fingerprint density at radius 2 is 2.00 bits per heavy atom. The number of furan rings is 1. The molecular formula is C30H23F3N4O5. The number of rotatable bonds is 8. The molecule has 4 heterocycles. The highest BCUT2D eigenvalue weighted by atomic mass is 19.4. The zero-order chi connectivity index (χ0) is 29.4. The largest absolute Gasteiger partial charge is 0.573 e. The van der Waals surface area contributed by atoms with Crippen LogP contribution in [0.5, 0.6) is 11.5 Å². The lowest BCUT2D eigenvalue weighted by atomic mass is 10.0. The van der Waals surface area contributed by atoms with Crippen LogP contribution in [0, 0.1) is 0 Å². The number of aromatic amines is 1. The van der Waals surface area contributed by atoms with E-state index in [-0.39, 0.29) is 35.2 Å². The third-order valence-electron chi connectivity index (χ3n) is 6.83. The van der Waals surface area contributed by atoms with Crippen molar-refractivity contribution in [2.75, 3.05) is 13.7 Å². The molecule has 6 rings (SSSR count). The molecule has 0 spiro atoms. The highest BCUT2D eigenvalue weighted by Gasteiger charge is 2.31. The summed E-state index contributed by atoms with van der Waals surface area (Å²) in [6, 6.07) is 13.2. The summed E-state index contributed by atoms with van der Waals surface area (Å²) in [5.41, 5.74) is 2.70. The molecule has 2 aromatic carbocycles. The van der Waals surface area contributed by atoms with Gasteiger partial charge in [-0.15, -0.1) is 13.2 Å². The predicted octanol–water partition coefficient (Wildman–Crippen LogP) is 5.76. The van der Waals surface area contributed by atoms with Crippen LogP contribution < -0.4 is 14.8 Å². The van der Waals surface area contributed by atoms with Crippen LogP contribution in [0.3, 0.4) is 0 Å². The van der Waals surface area contributed by atoms with E-state index < -0.39 is 24.1 Å². The number of aromatic nitrogens is 3. The minimum Gasteiger partial charge on any atom is -0.493 e. The predicted molar refractivity (Wildman–Crippen MR) is 148 cm³/mol. The van der Waals surface area contributed by atoms with Crippen LogP contribution in [0.15, 0.2) is 77.6 Å². The van der Waals surface area contributed by atoms with Crippen molar-refractivity contribution in [3.63, 3.8) is 0 Å². The molecule has 1 unspecified atom stereocenters. The molecule has 0 saturated carbocycles. The molecule has 0 fully saturated rings. The quantitative estimate of drug-likeness (QED) is 0.210. The number of benzene rings is 2. The van der Waals surface area contributed by atoms with Crippen LogP contribution in [0.1, 0.15) is 15.9 Å². The molecule has 1 atom stereocenters. The Balaban J connectivity index is 1.40. The maximum atomic E-state index is 13.7. The molecule has 0 bridgehead atoms. The fraction of sp³-hybridized carbons (Fsp3) is 0.167. The van der Waals surface area contributed by atoms with Crippen molar-refractivity contribution in [2.45, 2.75) is 18.8 Å². The third kappa shape index (κ3) is 5.31. The number of hydrogen-bond acceptors (Lipinski definition) is 7. The van der Waals surface area contributed by atoms with E-state index in [1.54, 1.807) is 36.8 Å². The van der Waals surface area contributed by atoms with Gasteiger partial charge in [-0.05, 0) is 54.4 Å². The standard InChI is InChI=1S/C30H23F3N4O5/c1-40-26-4-2-3-16-10-27(41-28(16)26)25-12-21(20-11-19(42-30(31,32)33)5-6-24(20)37-25)29(39)36-18(15-38)9-17-13-35-23-7-8-34-14-22(17)23/h2-8,10-14,18,35,38H,9,15H2,1H3,(H,36,39). The minimum absolute atomic E-state index is 0.0223. The summed E-state index contributed by atoms with van der Waals surface area (Å²) < 4.78 is 54.4. The smallest absolute Gasteiger partial charge is 0.493 e. The zero-order valence-electron chi connectivity index (χ0n) is 22.0. The Kier molecular flexibility index (Phi) is 6.91. The first-order valence-corrected chi connectivity index (χ1v) is 12.8. The number of nitrogens with one attached hydrogen (secondary N) is 2. The number of alkyl halides is 3. The van der Waals surface area contributed by atoms with Gasteiger partial charge >= 0.3 is 6.36 Å². The molecule has 0 aliphatic rings. The first kappa shape index (κ1) is 27.1. The lowest BCUT2D eigenvalue weighted by Crippen LogP contribution is -2.39. The first-order valence-electron chi connectivity index (χ1n) is 12.8. The lowest BCUT2D eigenvalue weighted by Gasteiger charge is -2.18. The van der Waals surface area contributed by atoms with Gasteiger partial charge < -0.3 is 29.3 Å². The normalized spacial score (nSPS) is 12.6. The van der Waals surface area contributed by atoms with E-state index in [9.17, 15) is 23.1 Å². The number of amides is 1. The second-order valence-corrected chi connectivity index (χ2v) is 9.56. The molecule has 6 aromatic rings. The lowest BCUT2D eigenvalue weighted by molar-refractivity contribution is -0.274. The van der Waals surface area contributed by atoms with Crippen molar-refractivity contribution in [3.05, 3.63) is 84.3 Å². The number of aliphatic hydroxyl groups excluding tert-OH is 1. The number of nitrogens with zero attached hydrogens (tertiary/aromatic N) is 2. The summed E-state index contributed by atoms with van der Waals surface area (Å²) >= 11 is 0. The van der Waals surface area contributed by atoms with E-state index in [4.69, 9.17) is 9.15 Å². The van der Waals surface area contributed by atoms with Crippen LogP contribution >= 0.6 is 0 Å². The number of methoxy groups -OCH3 is 1. The van der Waals surface area contributed by atoms with E-state index >= 15 is 0 Å². The summed E-state index contributed by atoms with van der Waals surface area (Å²) in [7, 11) is 1.51. The van der Waals surface area contributed by atoms with Gasteiger partial charge in [-0.1, -0.05) is 12.1 Å². The van der Waals surface area contributed by atoms with Crippen molar-refractivity contribution in [2.24, 2.45) is 0 Å². The average Bonchev–Trinajstić information content (AvgIpc) is 3.60. The Bertz CT molecular complexity index is 1930. The number of carbonyl (C=O) groups is 1. The number of aliphatic hydroxyl groups is 1. The molecule has 4 aromatic heterocycles. The third-order valence-corrected chi connectivity index (χ3v) is 6.83. The van der Waals surface area contributed by atoms with Gasteiger partial charge in [-0.2, -0.15) is 0 Å². The van der Waals surface area contributed by atoms with Crippen LogP contribution in [-0.2, 0) is 6.42 Å². The molecule has 42 heavy (non-hydrogen) atoms. The highest BCUT2D eigenvalue weighted by Crippen LogP contribution is 2.35. The molecule has 1 amide bonds. The second-order valence-electron chi connectivity index (χ2n) is 9.56. The van der Waals surface area contributed by atoms with Gasteiger partial charge in [0.2, 0.25) is 0 Å². The molecular weight excluding hydrogens is 553 g/mol. The summed E-state index contributed by atoms with van der Waals surface area (Å²) in [6.45, 7) is -0.389. The molecule has 0 saturated heterocycles. The van der Waals surface area contributed by atoms with Gasteiger partial charge in [0.25, 0.3) is 5.91 Å². The van der Waals surface area contributed by atoms with Gasteiger partial charge in [0.05, 0.1) is 30.8 Å².